The van der Waals surface area contributed by atoms with Crippen molar-refractivity contribution in [1.82, 2.24) is 10.2 Å². The van der Waals surface area contributed by atoms with Crippen LogP contribution in [0.15, 0.2) is 24.3 Å². The summed E-state index contributed by atoms with van der Waals surface area (Å²) in [4.78, 5) is 26.9. The van der Waals surface area contributed by atoms with Crippen molar-refractivity contribution in [3.8, 4) is 0 Å². The molecule has 2 aliphatic rings. The number of amides is 1. The monoisotopic (exact) mass is 402 g/mol. The number of carbonyl (C=O) groups excluding carboxylic acids is 2. The minimum absolute atomic E-state index is 0.269. The number of hydrogen-bond donors (Lipinski definition) is 1. The first-order valence-electron chi connectivity index (χ1n) is 10.7. The number of likely N-dealkylation sites (tertiary alicyclic amines) is 1. The average Bonchev–Trinajstić information content (AvgIpc) is 3.00. The largest absolute Gasteiger partial charge is 0.464 e. The zero-order chi connectivity index (χ0) is 21.1. The third-order valence-corrected chi connectivity index (χ3v) is 5.98. The van der Waals surface area contributed by atoms with Crippen LogP contribution in [0, 0.1) is 0 Å². The van der Waals surface area contributed by atoms with Crippen molar-refractivity contribution < 1.29 is 19.1 Å². The molecule has 1 saturated heterocycles. The van der Waals surface area contributed by atoms with E-state index in [1.54, 1.807) is 27.7 Å². The Bertz CT molecular complexity index is 733. The molecule has 0 bridgehead atoms. The molecule has 1 fully saturated rings. The van der Waals surface area contributed by atoms with Gasteiger partial charge in [-0.05, 0) is 83.0 Å². The van der Waals surface area contributed by atoms with Gasteiger partial charge in [-0.15, -0.1) is 0 Å². The summed E-state index contributed by atoms with van der Waals surface area (Å²) in [5, 5.41) is 2.70. The molecule has 6 nitrogen and oxygen atoms in total. The van der Waals surface area contributed by atoms with Crippen LogP contribution in [-0.4, -0.2) is 54.8 Å². The Morgan fingerprint density at radius 1 is 1.17 bits per heavy atom. The van der Waals surface area contributed by atoms with Crippen LogP contribution in [0.4, 0.5) is 4.79 Å². The van der Waals surface area contributed by atoms with Crippen molar-refractivity contribution in [3.05, 3.63) is 35.4 Å². The lowest BCUT2D eigenvalue weighted by atomic mass is 9.74. The van der Waals surface area contributed by atoms with E-state index in [1.165, 1.54) is 17.5 Å². The van der Waals surface area contributed by atoms with Crippen molar-refractivity contribution in [3.63, 3.8) is 0 Å². The first-order chi connectivity index (χ1) is 13.7. The van der Waals surface area contributed by atoms with Crippen LogP contribution in [0.25, 0.3) is 0 Å². The second-order valence-electron chi connectivity index (χ2n) is 9.19. The fourth-order valence-electron chi connectivity index (χ4n) is 4.58. The Kier molecular flexibility index (Phi) is 6.52. The summed E-state index contributed by atoms with van der Waals surface area (Å²) < 4.78 is 10.5. The number of carbonyl (C=O) groups is 2. The maximum atomic E-state index is 12.4. The SMILES string of the molecule is CCOC(=O)C(CN1CCC2(CCc3ccccc32)CC1)NC(=O)OC(C)(C)C. The fraction of sp³-hybridized carbons (Fsp3) is 0.652. The molecular formula is C23H34N2O4. The number of hydrogen-bond acceptors (Lipinski definition) is 5. The molecule has 6 heteroatoms. The average molecular weight is 403 g/mol. The molecule has 1 N–H and O–H groups in total. The van der Waals surface area contributed by atoms with E-state index in [0.717, 1.165) is 32.4 Å². The van der Waals surface area contributed by atoms with Gasteiger partial charge in [0.15, 0.2) is 0 Å². The highest BCUT2D eigenvalue weighted by atomic mass is 16.6. The summed E-state index contributed by atoms with van der Waals surface area (Å²) in [5.41, 5.74) is 2.65. The summed E-state index contributed by atoms with van der Waals surface area (Å²) in [7, 11) is 0. The molecule has 1 heterocycles. The molecule has 0 aromatic heterocycles. The zero-order valence-electron chi connectivity index (χ0n) is 18.1. The van der Waals surface area contributed by atoms with E-state index >= 15 is 0 Å². The van der Waals surface area contributed by atoms with E-state index in [9.17, 15) is 9.59 Å². The Morgan fingerprint density at radius 3 is 2.52 bits per heavy atom. The number of alkyl carbamates (subject to hydrolysis) is 1. The molecule has 1 atom stereocenters. The molecule has 29 heavy (non-hydrogen) atoms. The van der Waals surface area contributed by atoms with Gasteiger partial charge in [0.1, 0.15) is 11.6 Å². The second kappa shape index (κ2) is 8.74. The predicted octanol–water partition coefficient (Wildman–Crippen LogP) is 3.42. The highest BCUT2D eigenvalue weighted by Gasteiger charge is 2.41. The Morgan fingerprint density at radius 2 is 1.86 bits per heavy atom. The predicted molar refractivity (Wildman–Crippen MR) is 112 cm³/mol. The van der Waals surface area contributed by atoms with E-state index in [2.05, 4.69) is 34.5 Å². The van der Waals surface area contributed by atoms with E-state index in [-0.39, 0.29) is 12.0 Å². The Hall–Kier alpha value is -2.08. The van der Waals surface area contributed by atoms with Crippen molar-refractivity contribution >= 4 is 12.1 Å². The number of piperidine rings is 1. The molecular weight excluding hydrogens is 368 g/mol. The van der Waals surface area contributed by atoms with Crippen molar-refractivity contribution in [2.45, 2.75) is 70.4 Å². The first-order valence-corrected chi connectivity index (χ1v) is 10.7. The fourth-order valence-corrected chi connectivity index (χ4v) is 4.58. The van der Waals surface area contributed by atoms with Crippen LogP contribution in [0.5, 0.6) is 0 Å². The molecule has 0 saturated carbocycles. The maximum absolute atomic E-state index is 12.4. The van der Waals surface area contributed by atoms with Gasteiger partial charge in [-0.1, -0.05) is 24.3 Å². The van der Waals surface area contributed by atoms with E-state index in [4.69, 9.17) is 9.47 Å². The molecule has 1 aliphatic heterocycles. The van der Waals surface area contributed by atoms with Gasteiger partial charge >= 0.3 is 12.1 Å². The smallest absolute Gasteiger partial charge is 0.408 e. The van der Waals surface area contributed by atoms with Crippen molar-refractivity contribution in [2.75, 3.05) is 26.2 Å². The molecule has 1 amide bonds. The third kappa shape index (κ3) is 5.30. The number of esters is 1. The molecule has 1 aliphatic carbocycles. The van der Waals surface area contributed by atoms with E-state index in [0.29, 0.717) is 6.54 Å². The lowest BCUT2D eigenvalue weighted by Gasteiger charge is -2.41. The molecule has 1 unspecified atom stereocenters. The van der Waals surface area contributed by atoms with Gasteiger partial charge in [0, 0.05) is 6.54 Å². The molecule has 1 aromatic rings. The third-order valence-electron chi connectivity index (χ3n) is 5.98. The van der Waals surface area contributed by atoms with Crippen LogP contribution in [0.2, 0.25) is 0 Å². The molecule has 0 radical (unpaired) electrons. The lowest BCUT2D eigenvalue weighted by Crippen LogP contribution is -2.52. The number of benzene rings is 1. The Balaban J connectivity index is 1.61. The summed E-state index contributed by atoms with van der Waals surface area (Å²) in [6.45, 7) is 9.70. The van der Waals surface area contributed by atoms with Gasteiger partial charge in [0.25, 0.3) is 0 Å². The molecule has 1 aromatic carbocycles. The van der Waals surface area contributed by atoms with Gasteiger partial charge in [0.05, 0.1) is 6.61 Å². The summed E-state index contributed by atoms with van der Waals surface area (Å²) >= 11 is 0. The number of nitrogens with one attached hydrogen (secondary N) is 1. The second-order valence-corrected chi connectivity index (χ2v) is 9.19. The van der Waals surface area contributed by atoms with E-state index < -0.39 is 23.7 Å². The van der Waals surface area contributed by atoms with Crippen LogP contribution in [0.3, 0.4) is 0 Å². The number of ether oxygens (including phenoxy) is 2. The van der Waals surface area contributed by atoms with Crippen LogP contribution in [0.1, 0.15) is 58.1 Å². The summed E-state index contributed by atoms with van der Waals surface area (Å²) in [5.74, 6) is -0.412. The van der Waals surface area contributed by atoms with Crippen molar-refractivity contribution in [1.29, 1.82) is 0 Å². The molecule has 3 rings (SSSR count). The van der Waals surface area contributed by atoms with Crippen LogP contribution >= 0.6 is 0 Å². The first kappa shape index (κ1) is 21.6. The number of nitrogens with zero attached hydrogens (tertiary/aromatic N) is 1. The van der Waals surface area contributed by atoms with E-state index in [1.807, 2.05) is 0 Å². The summed E-state index contributed by atoms with van der Waals surface area (Å²) in [6, 6.07) is 8.07. The number of rotatable bonds is 5. The minimum atomic E-state index is -0.727. The molecule has 1 spiro atoms. The molecule has 160 valence electrons. The Labute approximate surface area is 173 Å². The number of fused-ring (bicyclic) bond motifs is 2. The van der Waals surface area contributed by atoms with Crippen molar-refractivity contribution in [2.24, 2.45) is 0 Å². The standard InChI is InChI=1S/C23H34N2O4/c1-5-28-20(26)19(24-21(27)29-22(2,3)4)16-25-14-12-23(13-15-25)11-10-17-8-6-7-9-18(17)23/h6-9,19H,5,10-16H2,1-4H3,(H,24,27). The quantitative estimate of drug-likeness (QED) is 0.765. The van der Waals surface area contributed by atoms with Gasteiger partial charge in [0.2, 0.25) is 0 Å². The highest BCUT2D eigenvalue weighted by molar-refractivity contribution is 5.81. The van der Waals surface area contributed by atoms with Gasteiger partial charge < -0.3 is 19.7 Å². The van der Waals surface area contributed by atoms with Crippen LogP contribution < -0.4 is 5.32 Å². The van der Waals surface area contributed by atoms with Crippen LogP contribution in [-0.2, 0) is 26.1 Å². The number of aryl methyl sites for hydroxylation is 1. The van der Waals surface area contributed by atoms with Gasteiger partial charge in [-0.25, -0.2) is 9.59 Å². The van der Waals surface area contributed by atoms with Gasteiger partial charge in [-0.2, -0.15) is 0 Å². The maximum Gasteiger partial charge on any atom is 0.408 e. The summed E-state index contributed by atoms with van der Waals surface area (Å²) in [6.07, 6.45) is 3.92. The highest BCUT2D eigenvalue weighted by Crippen LogP contribution is 2.46. The zero-order valence-corrected chi connectivity index (χ0v) is 18.1. The van der Waals surface area contributed by atoms with Gasteiger partial charge in [-0.3, -0.25) is 0 Å². The lowest BCUT2D eigenvalue weighted by molar-refractivity contribution is -0.146. The normalized spacial score (nSPS) is 19.4. The topological polar surface area (TPSA) is 67.9 Å². The minimum Gasteiger partial charge on any atom is -0.464 e.